The molecule has 1 fully saturated rings. The summed E-state index contributed by atoms with van der Waals surface area (Å²) in [4.78, 5) is 23.4. The Morgan fingerprint density at radius 2 is 1.87 bits per heavy atom. The molecule has 3 heteroatoms. The van der Waals surface area contributed by atoms with Gasteiger partial charge in [0.25, 0.3) is 0 Å². The van der Waals surface area contributed by atoms with Crippen molar-refractivity contribution >= 4 is 11.7 Å². The fourth-order valence-corrected chi connectivity index (χ4v) is 1.47. The zero-order valence-corrected chi connectivity index (χ0v) is 10.1. The van der Waals surface area contributed by atoms with Crippen LogP contribution in [0.4, 0.5) is 0 Å². The number of carbonyl (C=O) groups is 2. The molecule has 1 unspecified atom stereocenters. The maximum Gasteiger partial charge on any atom is 0.225 e. The van der Waals surface area contributed by atoms with Crippen molar-refractivity contribution in [3.63, 3.8) is 0 Å². The maximum absolute atomic E-state index is 11.8. The maximum atomic E-state index is 11.8. The minimum absolute atomic E-state index is 0.0267. The Balaban J connectivity index is 2.59. The molecule has 0 saturated heterocycles. The van der Waals surface area contributed by atoms with Crippen LogP contribution in [0.2, 0.25) is 0 Å². The summed E-state index contributed by atoms with van der Waals surface area (Å²) in [7, 11) is 0. The molecule has 0 aromatic heterocycles. The third kappa shape index (κ3) is 3.33. The van der Waals surface area contributed by atoms with Gasteiger partial charge in [-0.15, -0.1) is 0 Å². The highest BCUT2D eigenvalue weighted by Crippen LogP contribution is 2.33. The highest BCUT2D eigenvalue weighted by molar-refractivity contribution is 5.91. The highest BCUT2D eigenvalue weighted by Gasteiger charge is 2.37. The summed E-state index contributed by atoms with van der Waals surface area (Å²) in [6.07, 6.45) is 2.65. The summed E-state index contributed by atoms with van der Waals surface area (Å²) >= 11 is 0. The first-order chi connectivity index (χ1) is 6.86. The van der Waals surface area contributed by atoms with E-state index in [0.29, 0.717) is 12.3 Å². The Labute approximate surface area is 91.6 Å². The van der Waals surface area contributed by atoms with Crippen LogP contribution in [0.25, 0.3) is 0 Å². The van der Waals surface area contributed by atoms with Crippen LogP contribution in [0.3, 0.4) is 0 Å². The first-order valence-electron chi connectivity index (χ1n) is 5.70. The molecule has 86 valence electrons. The average molecular weight is 211 g/mol. The molecule has 0 bridgehead atoms. The van der Waals surface area contributed by atoms with Gasteiger partial charge in [0.05, 0.1) is 6.04 Å². The zero-order chi connectivity index (χ0) is 11.6. The Hall–Kier alpha value is -0.860. The van der Waals surface area contributed by atoms with E-state index in [9.17, 15) is 9.59 Å². The van der Waals surface area contributed by atoms with Crippen molar-refractivity contribution in [2.45, 2.75) is 53.0 Å². The van der Waals surface area contributed by atoms with Crippen LogP contribution >= 0.6 is 0 Å². The molecule has 3 nitrogen and oxygen atoms in total. The molecule has 1 rings (SSSR count). The van der Waals surface area contributed by atoms with E-state index in [1.807, 2.05) is 27.7 Å². The fraction of sp³-hybridized carbons (Fsp3) is 0.833. The summed E-state index contributed by atoms with van der Waals surface area (Å²) in [6.45, 7) is 7.44. The van der Waals surface area contributed by atoms with E-state index >= 15 is 0 Å². The molecule has 1 aliphatic carbocycles. The van der Waals surface area contributed by atoms with Crippen LogP contribution in [0, 0.1) is 11.3 Å². The van der Waals surface area contributed by atoms with Crippen molar-refractivity contribution in [2.75, 3.05) is 0 Å². The smallest absolute Gasteiger partial charge is 0.225 e. The third-order valence-electron chi connectivity index (χ3n) is 2.76. The molecule has 0 heterocycles. The van der Waals surface area contributed by atoms with Gasteiger partial charge in [0.1, 0.15) is 0 Å². The molecule has 1 N–H and O–H groups in total. The van der Waals surface area contributed by atoms with Crippen molar-refractivity contribution in [2.24, 2.45) is 11.3 Å². The molecule has 15 heavy (non-hydrogen) atoms. The molecular weight excluding hydrogens is 190 g/mol. The van der Waals surface area contributed by atoms with Crippen LogP contribution in [0.15, 0.2) is 0 Å². The van der Waals surface area contributed by atoms with Crippen molar-refractivity contribution in [1.82, 2.24) is 5.32 Å². The second-order valence-corrected chi connectivity index (χ2v) is 5.36. The van der Waals surface area contributed by atoms with Gasteiger partial charge in [-0.1, -0.05) is 27.7 Å². The van der Waals surface area contributed by atoms with Gasteiger partial charge in [0.15, 0.2) is 5.78 Å². The van der Waals surface area contributed by atoms with Gasteiger partial charge in [-0.3, -0.25) is 9.59 Å². The van der Waals surface area contributed by atoms with Gasteiger partial charge < -0.3 is 5.32 Å². The van der Waals surface area contributed by atoms with Crippen LogP contribution in [0.5, 0.6) is 0 Å². The third-order valence-corrected chi connectivity index (χ3v) is 2.76. The highest BCUT2D eigenvalue weighted by atomic mass is 16.2. The predicted molar refractivity (Wildman–Crippen MR) is 59.4 cm³/mol. The molecule has 0 aromatic rings. The number of ketones is 1. The normalized spacial score (nSPS) is 18.4. The number of hydrogen-bond donors (Lipinski definition) is 1. The van der Waals surface area contributed by atoms with Gasteiger partial charge in [0.2, 0.25) is 5.91 Å². The van der Waals surface area contributed by atoms with Gasteiger partial charge in [-0.05, 0) is 18.8 Å². The van der Waals surface area contributed by atoms with Crippen LogP contribution < -0.4 is 5.32 Å². The largest absolute Gasteiger partial charge is 0.346 e. The summed E-state index contributed by atoms with van der Waals surface area (Å²) in [6, 6.07) is -0.235. The summed E-state index contributed by atoms with van der Waals surface area (Å²) in [5.74, 6) is 0.528. The molecule has 0 aliphatic heterocycles. The van der Waals surface area contributed by atoms with E-state index in [0.717, 1.165) is 12.8 Å². The number of carbonyl (C=O) groups excluding carboxylic acids is 2. The number of amides is 1. The molecule has 1 amide bonds. The van der Waals surface area contributed by atoms with Crippen molar-refractivity contribution < 1.29 is 9.59 Å². The molecule has 1 atom stereocenters. The van der Waals surface area contributed by atoms with E-state index in [2.05, 4.69) is 5.32 Å². The summed E-state index contributed by atoms with van der Waals surface area (Å²) in [5, 5.41) is 2.88. The number of hydrogen-bond acceptors (Lipinski definition) is 2. The minimum Gasteiger partial charge on any atom is -0.346 e. The van der Waals surface area contributed by atoms with Gasteiger partial charge in [0, 0.05) is 11.8 Å². The topological polar surface area (TPSA) is 46.2 Å². The van der Waals surface area contributed by atoms with E-state index in [-0.39, 0.29) is 17.7 Å². The predicted octanol–water partition coefficient (Wildman–Crippen LogP) is 1.91. The van der Waals surface area contributed by atoms with E-state index in [1.165, 1.54) is 0 Å². The average Bonchev–Trinajstić information content (AvgIpc) is 2.94. The second-order valence-electron chi connectivity index (χ2n) is 5.36. The quantitative estimate of drug-likeness (QED) is 0.772. The lowest BCUT2D eigenvalue weighted by Gasteiger charge is -2.23. The fourth-order valence-electron chi connectivity index (χ4n) is 1.47. The van der Waals surface area contributed by atoms with E-state index < -0.39 is 5.41 Å². The van der Waals surface area contributed by atoms with Crippen LogP contribution in [-0.2, 0) is 9.59 Å². The van der Waals surface area contributed by atoms with E-state index in [1.54, 1.807) is 0 Å². The second kappa shape index (κ2) is 4.33. The Bertz CT molecular complexity index is 261. The van der Waals surface area contributed by atoms with Crippen LogP contribution in [-0.4, -0.2) is 17.7 Å². The molecule has 1 aliphatic rings. The molecule has 1 saturated carbocycles. The monoisotopic (exact) mass is 211 g/mol. The molecule has 0 radical (unpaired) electrons. The zero-order valence-electron chi connectivity index (χ0n) is 10.1. The SMILES string of the molecule is CCC(=O)C(NC(=O)C(C)(C)C)C1CC1. The molecular formula is C12H21NO2. The number of Topliss-reactive ketones (excluding diaryl/α,β-unsaturated/α-hetero) is 1. The van der Waals surface area contributed by atoms with Crippen molar-refractivity contribution in [3.05, 3.63) is 0 Å². The standard InChI is InChI=1S/C12H21NO2/c1-5-9(14)10(8-6-7-8)13-11(15)12(2,3)4/h8,10H,5-7H2,1-4H3,(H,13,15). The van der Waals surface area contributed by atoms with Crippen LogP contribution in [0.1, 0.15) is 47.0 Å². The van der Waals surface area contributed by atoms with Crippen molar-refractivity contribution in [1.29, 1.82) is 0 Å². The number of nitrogens with one attached hydrogen (secondary N) is 1. The number of rotatable bonds is 4. The summed E-state index contributed by atoms with van der Waals surface area (Å²) < 4.78 is 0. The minimum atomic E-state index is -0.416. The van der Waals surface area contributed by atoms with Gasteiger partial charge >= 0.3 is 0 Å². The Morgan fingerprint density at radius 3 is 2.20 bits per heavy atom. The van der Waals surface area contributed by atoms with E-state index in [4.69, 9.17) is 0 Å². The Morgan fingerprint density at radius 1 is 1.33 bits per heavy atom. The van der Waals surface area contributed by atoms with Gasteiger partial charge in [-0.25, -0.2) is 0 Å². The lowest BCUT2D eigenvalue weighted by Crippen LogP contribution is -2.46. The Kier molecular flexibility index (Phi) is 3.53. The lowest BCUT2D eigenvalue weighted by atomic mass is 9.94. The molecule has 0 spiro atoms. The first-order valence-corrected chi connectivity index (χ1v) is 5.70. The summed E-state index contributed by atoms with van der Waals surface area (Å²) in [5.41, 5.74) is -0.416. The lowest BCUT2D eigenvalue weighted by molar-refractivity contribution is -0.133. The molecule has 0 aromatic carbocycles. The van der Waals surface area contributed by atoms with Gasteiger partial charge in [-0.2, -0.15) is 0 Å². The van der Waals surface area contributed by atoms with Crippen molar-refractivity contribution in [3.8, 4) is 0 Å². The first kappa shape index (κ1) is 12.2.